The van der Waals surface area contributed by atoms with E-state index in [4.69, 9.17) is 0 Å². The highest BCUT2D eigenvalue weighted by Gasteiger charge is 2.19. The lowest BCUT2D eigenvalue weighted by atomic mass is 10.0. The highest BCUT2D eigenvalue weighted by atomic mass is 16.1. The maximum Gasteiger partial charge on any atom is 0.273 e. The molecule has 0 bridgehead atoms. The van der Waals surface area contributed by atoms with E-state index in [-0.39, 0.29) is 5.56 Å². The Morgan fingerprint density at radius 2 is 1.68 bits per heavy atom. The highest BCUT2D eigenvalue weighted by molar-refractivity contribution is 6.03. The van der Waals surface area contributed by atoms with Crippen molar-refractivity contribution in [3.63, 3.8) is 0 Å². The molecule has 0 amide bonds. The van der Waals surface area contributed by atoms with Crippen LogP contribution in [0.1, 0.15) is 0 Å². The fourth-order valence-corrected chi connectivity index (χ4v) is 3.49. The fourth-order valence-electron chi connectivity index (χ4n) is 3.49. The monoisotopic (exact) mass is 371 g/mol. The zero-order valence-electron chi connectivity index (χ0n) is 15.3. The first kappa shape index (κ1) is 16.2. The highest BCUT2D eigenvalue weighted by Crippen LogP contribution is 2.37. The van der Waals surface area contributed by atoms with Crippen molar-refractivity contribution in [1.29, 1.82) is 0 Å². The fraction of sp³-hybridized carbons (Fsp3) is 0.100. The molecule has 4 aromatic heterocycles. The zero-order valence-corrected chi connectivity index (χ0v) is 15.3. The van der Waals surface area contributed by atoms with Crippen molar-refractivity contribution >= 4 is 10.9 Å². The molecule has 0 saturated carbocycles. The molecule has 0 radical (unpaired) electrons. The molecule has 8 nitrogen and oxygen atoms in total. The first-order chi connectivity index (χ1) is 13.6. The number of aryl methyl sites for hydroxylation is 2. The largest absolute Gasteiger partial charge is 0.354 e. The van der Waals surface area contributed by atoms with Gasteiger partial charge in [0.15, 0.2) is 0 Å². The van der Waals surface area contributed by atoms with E-state index in [1.54, 1.807) is 27.8 Å². The van der Waals surface area contributed by atoms with Gasteiger partial charge in [0.2, 0.25) is 0 Å². The van der Waals surface area contributed by atoms with Crippen LogP contribution in [-0.4, -0.2) is 34.7 Å². The molecule has 0 unspecified atom stereocenters. The predicted octanol–water partition coefficient (Wildman–Crippen LogP) is 2.72. The van der Waals surface area contributed by atoms with Crippen molar-refractivity contribution < 1.29 is 0 Å². The summed E-state index contributed by atoms with van der Waals surface area (Å²) < 4.78 is 3.45. The molecule has 0 atom stereocenters. The zero-order chi connectivity index (χ0) is 19.3. The van der Waals surface area contributed by atoms with E-state index >= 15 is 0 Å². The maximum absolute atomic E-state index is 12.7. The predicted molar refractivity (Wildman–Crippen MR) is 107 cm³/mol. The van der Waals surface area contributed by atoms with Crippen LogP contribution >= 0.6 is 0 Å². The molecule has 4 heterocycles. The summed E-state index contributed by atoms with van der Waals surface area (Å²) in [6.07, 6.45) is 7.32. The number of benzene rings is 1. The lowest BCUT2D eigenvalue weighted by Gasteiger charge is -2.04. The molecule has 5 rings (SSSR count). The molecule has 0 aliphatic carbocycles. The number of hydrogen-bond acceptors (Lipinski definition) is 4. The molecule has 1 aromatic carbocycles. The molecular formula is C20H17N7O. The molecule has 0 aliphatic rings. The third kappa shape index (κ3) is 2.54. The molecule has 8 heteroatoms. The lowest BCUT2D eigenvalue weighted by molar-refractivity contribution is 0.768. The van der Waals surface area contributed by atoms with Crippen molar-refractivity contribution in [3.8, 4) is 33.6 Å². The van der Waals surface area contributed by atoms with Crippen molar-refractivity contribution in [2.45, 2.75) is 0 Å². The number of para-hydroxylation sites is 1. The lowest BCUT2D eigenvalue weighted by Crippen LogP contribution is -2.11. The summed E-state index contributed by atoms with van der Waals surface area (Å²) in [5.41, 5.74) is 5.32. The Balaban J connectivity index is 1.79. The van der Waals surface area contributed by atoms with Gasteiger partial charge in [-0.15, -0.1) is 0 Å². The number of aromatic nitrogens is 7. The van der Waals surface area contributed by atoms with Gasteiger partial charge in [0, 0.05) is 54.1 Å². The average molecular weight is 371 g/mol. The number of fused-ring (bicyclic) bond motifs is 1. The van der Waals surface area contributed by atoms with Gasteiger partial charge in [-0.3, -0.25) is 14.2 Å². The van der Waals surface area contributed by atoms with Crippen LogP contribution in [-0.2, 0) is 14.1 Å². The van der Waals surface area contributed by atoms with Crippen molar-refractivity contribution in [3.05, 3.63) is 65.5 Å². The van der Waals surface area contributed by atoms with Gasteiger partial charge in [-0.2, -0.15) is 15.3 Å². The van der Waals surface area contributed by atoms with Crippen LogP contribution in [0.3, 0.4) is 0 Å². The van der Waals surface area contributed by atoms with Crippen LogP contribution in [0.4, 0.5) is 0 Å². The van der Waals surface area contributed by atoms with Crippen molar-refractivity contribution in [2.24, 2.45) is 14.1 Å². The standard InChI is InChI=1S/C20H17N7O/c1-26-10-12(8-21-26)17-7-15(20(28)25-24-17)19-18(13-9-22-27(2)11-13)14-5-3-4-6-16(14)23-19/h3-11,23H,1-2H3,(H,25,28). The van der Waals surface area contributed by atoms with E-state index < -0.39 is 0 Å². The van der Waals surface area contributed by atoms with Gasteiger partial charge in [0.1, 0.15) is 0 Å². The third-order valence-electron chi connectivity index (χ3n) is 4.77. The van der Waals surface area contributed by atoms with Crippen LogP contribution in [0.2, 0.25) is 0 Å². The summed E-state index contributed by atoms with van der Waals surface area (Å²) >= 11 is 0. The Labute approximate surface area is 159 Å². The summed E-state index contributed by atoms with van der Waals surface area (Å²) in [5, 5.41) is 16.3. The molecule has 0 saturated heterocycles. The average Bonchev–Trinajstić information content (AvgIpc) is 3.40. The van der Waals surface area contributed by atoms with Crippen LogP contribution in [0.5, 0.6) is 0 Å². The smallest absolute Gasteiger partial charge is 0.273 e. The van der Waals surface area contributed by atoms with Gasteiger partial charge < -0.3 is 4.98 Å². The van der Waals surface area contributed by atoms with E-state index in [1.165, 1.54) is 0 Å². The normalized spacial score (nSPS) is 11.4. The van der Waals surface area contributed by atoms with Crippen LogP contribution in [0.15, 0.2) is 59.9 Å². The molecule has 0 spiro atoms. The van der Waals surface area contributed by atoms with E-state index in [0.29, 0.717) is 11.3 Å². The summed E-state index contributed by atoms with van der Waals surface area (Å²) in [4.78, 5) is 16.1. The molecule has 5 aromatic rings. The first-order valence-electron chi connectivity index (χ1n) is 8.79. The second kappa shape index (κ2) is 6.05. The summed E-state index contributed by atoms with van der Waals surface area (Å²) in [7, 11) is 3.71. The maximum atomic E-state index is 12.7. The van der Waals surface area contributed by atoms with Gasteiger partial charge in [0.05, 0.1) is 29.3 Å². The van der Waals surface area contributed by atoms with Gasteiger partial charge in [-0.05, 0) is 12.1 Å². The molecule has 0 aliphatic heterocycles. The first-order valence-corrected chi connectivity index (χ1v) is 8.79. The Kier molecular flexibility index (Phi) is 3.51. The van der Waals surface area contributed by atoms with E-state index in [9.17, 15) is 4.79 Å². The quantitative estimate of drug-likeness (QED) is 0.509. The Bertz CT molecular complexity index is 1370. The molecule has 28 heavy (non-hydrogen) atoms. The van der Waals surface area contributed by atoms with Gasteiger partial charge in [-0.1, -0.05) is 18.2 Å². The minimum Gasteiger partial charge on any atom is -0.354 e. The molecule has 0 fully saturated rings. The second-order valence-electron chi connectivity index (χ2n) is 6.72. The minimum atomic E-state index is -0.260. The number of rotatable bonds is 3. The molecule has 138 valence electrons. The minimum absolute atomic E-state index is 0.260. The Morgan fingerprint density at radius 1 is 0.964 bits per heavy atom. The van der Waals surface area contributed by atoms with Gasteiger partial charge in [0.25, 0.3) is 5.56 Å². The Morgan fingerprint density at radius 3 is 2.39 bits per heavy atom. The SMILES string of the molecule is Cn1cc(-c2cc(-c3[nH]c4ccccc4c3-c3cnn(C)c3)c(=O)[nH]n2)cn1. The number of nitrogens with zero attached hydrogens (tertiary/aromatic N) is 5. The summed E-state index contributed by atoms with van der Waals surface area (Å²) in [6.45, 7) is 0. The van der Waals surface area contributed by atoms with Gasteiger partial charge in [-0.25, -0.2) is 5.10 Å². The van der Waals surface area contributed by atoms with Crippen molar-refractivity contribution in [1.82, 2.24) is 34.7 Å². The number of H-pyrrole nitrogens is 2. The second-order valence-corrected chi connectivity index (χ2v) is 6.72. The number of hydrogen-bond donors (Lipinski definition) is 2. The van der Waals surface area contributed by atoms with Crippen LogP contribution < -0.4 is 5.56 Å². The number of nitrogens with one attached hydrogen (secondary N) is 2. The molecule has 2 N–H and O–H groups in total. The third-order valence-corrected chi connectivity index (χ3v) is 4.77. The molecular weight excluding hydrogens is 354 g/mol. The Hall–Kier alpha value is -3.94. The van der Waals surface area contributed by atoms with E-state index in [0.717, 1.165) is 33.3 Å². The topological polar surface area (TPSA) is 97.2 Å². The van der Waals surface area contributed by atoms with E-state index in [2.05, 4.69) is 25.4 Å². The van der Waals surface area contributed by atoms with Crippen molar-refractivity contribution in [2.75, 3.05) is 0 Å². The number of aromatic amines is 2. The van der Waals surface area contributed by atoms with Gasteiger partial charge >= 0.3 is 0 Å². The van der Waals surface area contributed by atoms with E-state index in [1.807, 2.05) is 50.8 Å². The van der Waals surface area contributed by atoms with Crippen LogP contribution in [0, 0.1) is 0 Å². The summed E-state index contributed by atoms with van der Waals surface area (Å²) in [6, 6.07) is 9.77. The summed E-state index contributed by atoms with van der Waals surface area (Å²) in [5.74, 6) is 0. The van der Waals surface area contributed by atoms with Crippen LogP contribution in [0.25, 0.3) is 44.5 Å².